The van der Waals surface area contributed by atoms with E-state index in [1.807, 2.05) is 25.5 Å². The molecule has 0 unspecified atom stereocenters. The minimum absolute atomic E-state index is 0.0261. The smallest absolute Gasteiger partial charge is 0.243 e. The molecule has 0 saturated carbocycles. The summed E-state index contributed by atoms with van der Waals surface area (Å²) in [7, 11) is 1.92. The van der Waals surface area contributed by atoms with Gasteiger partial charge in [-0.25, -0.2) is 9.97 Å². The number of rotatable bonds is 0. The maximum absolute atomic E-state index is 7.33. The van der Waals surface area contributed by atoms with E-state index in [9.17, 15) is 0 Å². The molecule has 0 bridgehead atoms. The van der Waals surface area contributed by atoms with Gasteiger partial charge in [-0.05, 0) is 13.8 Å². The average Bonchev–Trinajstić information content (AvgIpc) is 2.16. The van der Waals surface area contributed by atoms with Crippen LogP contribution in [0.2, 0.25) is 0 Å². The Morgan fingerprint density at radius 3 is 2.71 bits per heavy atom. The van der Waals surface area contributed by atoms with Crippen molar-refractivity contribution in [2.24, 2.45) is 7.05 Å². The van der Waals surface area contributed by atoms with E-state index in [0.29, 0.717) is 5.82 Å². The first kappa shape index (κ1) is 8.80. The highest BCUT2D eigenvalue weighted by Crippen LogP contribution is 2.16. The van der Waals surface area contributed by atoms with Gasteiger partial charge in [0.1, 0.15) is 5.69 Å². The average molecular weight is 189 g/mol. The lowest BCUT2D eigenvalue weighted by Gasteiger charge is -2.13. The van der Waals surface area contributed by atoms with Gasteiger partial charge in [0.25, 0.3) is 0 Å². The third-order valence-electron chi connectivity index (χ3n) is 2.38. The molecule has 0 atom stereocenters. The van der Waals surface area contributed by atoms with E-state index in [0.717, 1.165) is 17.1 Å². The minimum Gasteiger partial charge on any atom is -0.330 e. The van der Waals surface area contributed by atoms with Crippen LogP contribution in [0.15, 0.2) is 6.20 Å². The second-order valence-corrected chi connectivity index (χ2v) is 3.24. The van der Waals surface area contributed by atoms with E-state index in [1.54, 1.807) is 6.20 Å². The van der Waals surface area contributed by atoms with Gasteiger partial charge in [-0.3, -0.25) is 5.41 Å². The van der Waals surface area contributed by atoms with Gasteiger partial charge in [-0.15, -0.1) is 0 Å². The quantitative estimate of drug-likeness (QED) is 0.652. The Balaban J connectivity index is 2.92. The van der Waals surface area contributed by atoms with Crippen LogP contribution in [0.25, 0.3) is 11.5 Å². The molecule has 0 aromatic heterocycles. The van der Waals surface area contributed by atoms with Crippen LogP contribution in [0.3, 0.4) is 0 Å². The first-order valence-electron chi connectivity index (χ1n) is 4.31. The molecule has 14 heavy (non-hydrogen) atoms. The van der Waals surface area contributed by atoms with Crippen LogP contribution in [0.4, 0.5) is 0 Å². The zero-order chi connectivity index (χ0) is 10.3. The Morgan fingerprint density at radius 1 is 1.29 bits per heavy atom. The summed E-state index contributed by atoms with van der Waals surface area (Å²) in [6.45, 7) is 3.93. The predicted octanol–water partition coefficient (Wildman–Crippen LogP) is 0.411. The Bertz CT molecular complexity index is 514. The largest absolute Gasteiger partial charge is 0.330 e. The molecule has 0 amide bonds. The monoisotopic (exact) mass is 189 g/mol. The molecule has 5 heteroatoms. The summed E-state index contributed by atoms with van der Waals surface area (Å²) in [5.41, 5.74) is 2.77. The van der Waals surface area contributed by atoms with Crippen molar-refractivity contribution in [3.63, 3.8) is 0 Å². The van der Waals surface area contributed by atoms with Crippen LogP contribution in [-0.2, 0) is 7.05 Å². The Kier molecular flexibility index (Phi) is 1.80. The maximum Gasteiger partial charge on any atom is 0.243 e. The highest BCUT2D eigenvalue weighted by molar-refractivity contribution is 5.49. The normalized spacial score (nSPS) is 10.8. The van der Waals surface area contributed by atoms with Crippen molar-refractivity contribution in [2.45, 2.75) is 13.8 Å². The zero-order valence-corrected chi connectivity index (χ0v) is 8.37. The fraction of sp³-hybridized carbons (Fsp3) is 0.333. The molecule has 1 N–H and O–H groups in total. The van der Waals surface area contributed by atoms with Gasteiger partial charge in [-0.1, -0.05) is 0 Å². The van der Waals surface area contributed by atoms with Crippen LogP contribution < -0.4 is 5.62 Å². The van der Waals surface area contributed by atoms with Gasteiger partial charge in [0.15, 0.2) is 5.82 Å². The van der Waals surface area contributed by atoms with Crippen LogP contribution in [0, 0.1) is 19.3 Å². The third kappa shape index (κ3) is 1.17. The van der Waals surface area contributed by atoms with Crippen molar-refractivity contribution in [3.8, 4) is 11.5 Å². The predicted molar refractivity (Wildman–Crippen MR) is 50.7 cm³/mol. The fourth-order valence-electron chi connectivity index (χ4n) is 1.36. The molecule has 72 valence electrons. The number of aromatic nitrogens is 4. The van der Waals surface area contributed by atoms with Crippen molar-refractivity contribution in [2.75, 3.05) is 0 Å². The Hall–Kier alpha value is -1.78. The topological polar surface area (TPSA) is 67.5 Å². The molecule has 0 fully saturated rings. The molecule has 0 aromatic carbocycles. The third-order valence-corrected chi connectivity index (χ3v) is 2.38. The Labute approximate surface area is 81.3 Å². The van der Waals surface area contributed by atoms with Crippen molar-refractivity contribution in [1.82, 2.24) is 19.5 Å². The summed E-state index contributed by atoms with van der Waals surface area (Å²) < 4.78 is 1.93. The lowest BCUT2D eigenvalue weighted by Crippen LogP contribution is -2.18. The van der Waals surface area contributed by atoms with Crippen LogP contribution in [-0.4, -0.2) is 19.5 Å². The van der Waals surface area contributed by atoms with Gasteiger partial charge in [-0.2, -0.15) is 4.98 Å². The summed E-state index contributed by atoms with van der Waals surface area (Å²) >= 11 is 0. The van der Waals surface area contributed by atoms with E-state index in [2.05, 4.69) is 15.0 Å². The van der Waals surface area contributed by atoms with E-state index in [1.165, 1.54) is 0 Å². The van der Waals surface area contributed by atoms with Crippen molar-refractivity contribution in [3.05, 3.63) is 23.2 Å². The molecule has 0 saturated heterocycles. The highest BCUT2D eigenvalue weighted by atomic mass is 15.1. The molecule has 0 spiro atoms. The molecule has 0 aromatic rings. The van der Waals surface area contributed by atoms with Gasteiger partial charge in [0.05, 0.1) is 11.9 Å². The van der Waals surface area contributed by atoms with E-state index < -0.39 is 0 Å². The summed E-state index contributed by atoms with van der Waals surface area (Å²) in [6.07, 6.45) is 1.58. The molecule has 2 aliphatic rings. The fourth-order valence-corrected chi connectivity index (χ4v) is 1.36. The number of fused-ring (bicyclic) bond motifs is 1. The molecule has 2 aliphatic heterocycles. The van der Waals surface area contributed by atoms with E-state index >= 15 is 0 Å². The number of aryl methyl sites for hydroxylation is 1. The van der Waals surface area contributed by atoms with E-state index in [-0.39, 0.29) is 5.62 Å². The van der Waals surface area contributed by atoms with E-state index in [4.69, 9.17) is 5.41 Å². The standard InChI is InChI=1S/C9H11N5/c1-5-6(2)14(3)8-7(12-5)4-11-9(10)13-8/h4,10H,1-3H3. The van der Waals surface area contributed by atoms with Crippen LogP contribution in [0.5, 0.6) is 0 Å². The molecular formula is C9H11N5. The minimum atomic E-state index is 0.0261. The van der Waals surface area contributed by atoms with Gasteiger partial charge in [0, 0.05) is 12.7 Å². The molecule has 0 aliphatic carbocycles. The lowest BCUT2D eigenvalue weighted by molar-refractivity contribution is 0.781. The summed E-state index contributed by atoms with van der Waals surface area (Å²) in [5, 5.41) is 7.33. The molecule has 2 heterocycles. The molecule has 0 radical (unpaired) electrons. The summed E-state index contributed by atoms with van der Waals surface area (Å²) in [6, 6.07) is 0. The van der Waals surface area contributed by atoms with Gasteiger partial charge in [0.2, 0.25) is 5.62 Å². The number of hydrogen-bond acceptors (Lipinski definition) is 4. The van der Waals surface area contributed by atoms with Crippen molar-refractivity contribution < 1.29 is 0 Å². The zero-order valence-electron chi connectivity index (χ0n) is 8.37. The van der Waals surface area contributed by atoms with Crippen molar-refractivity contribution >= 4 is 0 Å². The van der Waals surface area contributed by atoms with Crippen LogP contribution in [0.1, 0.15) is 11.4 Å². The lowest BCUT2D eigenvalue weighted by atomic mass is 10.3. The first-order valence-corrected chi connectivity index (χ1v) is 4.31. The number of nitrogens with one attached hydrogen (secondary N) is 1. The SMILES string of the molecule is Cc1nc2cnc(=N)nc-2n(C)c1C. The summed E-state index contributed by atoms with van der Waals surface area (Å²) in [5.74, 6) is 0.702. The number of hydrogen-bond donors (Lipinski definition) is 1. The second-order valence-electron chi connectivity index (χ2n) is 3.24. The number of nitrogens with zero attached hydrogens (tertiary/aromatic N) is 4. The van der Waals surface area contributed by atoms with Gasteiger partial charge < -0.3 is 4.57 Å². The first-order chi connectivity index (χ1) is 6.59. The second kappa shape index (κ2) is 2.87. The highest BCUT2D eigenvalue weighted by Gasteiger charge is 2.11. The molecule has 5 nitrogen and oxygen atoms in total. The molecular weight excluding hydrogens is 178 g/mol. The van der Waals surface area contributed by atoms with Crippen LogP contribution >= 0.6 is 0 Å². The Morgan fingerprint density at radius 2 is 2.00 bits per heavy atom. The van der Waals surface area contributed by atoms with Gasteiger partial charge >= 0.3 is 0 Å². The maximum atomic E-state index is 7.33. The molecule has 2 rings (SSSR count). The van der Waals surface area contributed by atoms with Crippen molar-refractivity contribution in [1.29, 1.82) is 5.41 Å². The summed E-state index contributed by atoms with van der Waals surface area (Å²) in [4.78, 5) is 12.2.